The second kappa shape index (κ2) is 16.4. The molecule has 2 aliphatic heterocycles. The van der Waals surface area contributed by atoms with Gasteiger partial charge < -0.3 is 26.6 Å². The summed E-state index contributed by atoms with van der Waals surface area (Å²) in [7, 11) is 1.77. The minimum atomic E-state index is -0.243. The van der Waals surface area contributed by atoms with Crippen molar-refractivity contribution in [3.8, 4) is 11.3 Å². The third-order valence-electron chi connectivity index (χ3n) is 9.13. The summed E-state index contributed by atoms with van der Waals surface area (Å²) in [5.41, 5.74) is 4.20. The number of rotatable bonds is 14. The van der Waals surface area contributed by atoms with Crippen LogP contribution in [-0.4, -0.2) is 63.2 Å². The van der Waals surface area contributed by atoms with Crippen molar-refractivity contribution >= 4 is 58.6 Å². The van der Waals surface area contributed by atoms with E-state index in [1.165, 1.54) is 0 Å². The Hall–Kier alpha value is -4.55. The summed E-state index contributed by atoms with van der Waals surface area (Å²) in [6, 6.07) is 17.0. The first-order valence-electron chi connectivity index (χ1n) is 17.1. The van der Waals surface area contributed by atoms with Crippen LogP contribution < -0.4 is 26.6 Å². The highest BCUT2D eigenvalue weighted by atomic mass is 35.5. The van der Waals surface area contributed by atoms with Gasteiger partial charge in [0.2, 0.25) is 5.91 Å². The third-order valence-corrected chi connectivity index (χ3v) is 11.0. The van der Waals surface area contributed by atoms with E-state index in [0.29, 0.717) is 51.6 Å². The second-order valence-electron chi connectivity index (χ2n) is 12.8. The predicted molar refractivity (Wildman–Crippen MR) is 198 cm³/mol. The zero-order chi connectivity index (χ0) is 35.0. The molecular weight excluding hydrogens is 674 g/mol. The van der Waals surface area contributed by atoms with Crippen molar-refractivity contribution in [2.45, 2.75) is 68.7 Å². The van der Waals surface area contributed by atoms with Crippen LogP contribution in [0, 0.1) is 0 Å². The first-order chi connectivity index (χ1) is 24.2. The number of hydrogen-bond acceptors (Lipinski definition) is 6. The lowest BCUT2D eigenvalue weighted by atomic mass is 10.0. The molecule has 3 heterocycles. The minimum Gasteiger partial charge on any atom is -0.356 e. The maximum Gasteiger partial charge on any atom is 0.315 e. The monoisotopic (exact) mass is 715 g/mol. The Morgan fingerprint density at radius 1 is 0.980 bits per heavy atom. The molecular formula is C37H42ClN7O4S. The number of nitrogens with zero attached hydrogens (tertiary/aromatic N) is 2. The number of amides is 5. The van der Waals surface area contributed by atoms with Gasteiger partial charge in [-0.05, 0) is 68.4 Å². The quantitative estimate of drug-likeness (QED) is 0.104. The number of aryl methyl sites for hydroxylation is 2. The predicted octanol–water partition coefficient (Wildman–Crippen LogP) is 5.90. The van der Waals surface area contributed by atoms with Gasteiger partial charge in [0.05, 0.1) is 23.4 Å². The van der Waals surface area contributed by atoms with Crippen molar-refractivity contribution in [1.29, 1.82) is 0 Å². The van der Waals surface area contributed by atoms with Crippen molar-refractivity contribution in [2.75, 3.05) is 22.9 Å². The van der Waals surface area contributed by atoms with Crippen LogP contribution in [0.1, 0.15) is 60.9 Å². The van der Waals surface area contributed by atoms with E-state index in [1.807, 2.05) is 60.3 Å². The van der Waals surface area contributed by atoms with Crippen LogP contribution in [0.15, 0.2) is 77.4 Å². The number of halogens is 1. The zero-order valence-electron chi connectivity index (χ0n) is 28.0. The van der Waals surface area contributed by atoms with Crippen LogP contribution in [0.25, 0.3) is 11.3 Å². The van der Waals surface area contributed by atoms with Gasteiger partial charge in [-0.25, -0.2) is 4.79 Å². The highest BCUT2D eigenvalue weighted by molar-refractivity contribution is 8.00. The van der Waals surface area contributed by atoms with Gasteiger partial charge in [0.25, 0.3) is 11.8 Å². The van der Waals surface area contributed by atoms with Gasteiger partial charge in [-0.15, -0.1) is 0 Å². The first-order valence-corrected chi connectivity index (χ1v) is 18.5. The molecule has 5 N–H and O–H groups in total. The number of urea groups is 1. The van der Waals surface area contributed by atoms with Crippen LogP contribution >= 0.6 is 23.4 Å². The van der Waals surface area contributed by atoms with E-state index in [-0.39, 0.29) is 35.8 Å². The number of hydrogen-bond donors (Lipinski definition) is 5. The lowest BCUT2D eigenvalue weighted by Gasteiger charge is -2.16. The molecule has 262 valence electrons. The molecule has 13 heteroatoms. The van der Waals surface area contributed by atoms with Gasteiger partial charge in [-0.2, -0.15) is 16.9 Å². The first kappa shape index (κ1) is 35.3. The number of carbonyl (C=O) groups is 4. The molecule has 1 aromatic heterocycles. The third kappa shape index (κ3) is 8.97. The summed E-state index contributed by atoms with van der Waals surface area (Å²) in [6.07, 6.45) is 10.1. The second-order valence-corrected chi connectivity index (χ2v) is 14.5. The Kier molecular flexibility index (Phi) is 11.6. The van der Waals surface area contributed by atoms with Gasteiger partial charge in [-0.3, -0.25) is 19.1 Å². The topological polar surface area (TPSA) is 146 Å². The average molecular weight is 716 g/mol. The Bertz CT molecular complexity index is 1800. The molecule has 50 heavy (non-hydrogen) atoms. The molecule has 11 nitrogen and oxygen atoms in total. The van der Waals surface area contributed by atoms with E-state index in [2.05, 4.69) is 31.7 Å². The molecule has 0 unspecified atom stereocenters. The number of fused-ring (bicyclic) bond motifs is 1. The van der Waals surface area contributed by atoms with Crippen molar-refractivity contribution in [2.24, 2.45) is 7.05 Å². The molecule has 3 atom stereocenters. The SMILES string of the molecule is Cn1nc(-c2ccc(NC(=O)C3=CCCC=C3Cl)cc2)cc1NC(=O)c1cccc(CCCNC(=O)CCCC[C@H]2SC[C@H]3NC(=O)N[C@H]32)c1. The molecule has 0 spiro atoms. The fraction of sp³-hybridized carbons (Fsp3) is 0.378. The zero-order valence-corrected chi connectivity index (χ0v) is 29.5. The summed E-state index contributed by atoms with van der Waals surface area (Å²) in [5, 5.41) is 20.3. The van der Waals surface area contributed by atoms with E-state index >= 15 is 0 Å². The Balaban J connectivity index is 0.917. The lowest BCUT2D eigenvalue weighted by molar-refractivity contribution is -0.121. The molecule has 1 aliphatic carbocycles. The summed E-state index contributed by atoms with van der Waals surface area (Å²) < 4.78 is 1.62. The van der Waals surface area contributed by atoms with Crippen molar-refractivity contribution < 1.29 is 19.2 Å². The molecule has 6 rings (SSSR count). The average Bonchev–Trinajstić information content (AvgIpc) is 3.79. The fourth-order valence-electron chi connectivity index (χ4n) is 6.43. The lowest BCUT2D eigenvalue weighted by Crippen LogP contribution is -2.36. The fourth-order valence-corrected chi connectivity index (χ4v) is 8.25. The molecule has 0 bridgehead atoms. The molecule has 3 aliphatic rings. The number of nitrogens with one attached hydrogen (secondary N) is 5. The van der Waals surface area contributed by atoms with Gasteiger partial charge in [0, 0.05) is 58.9 Å². The molecule has 2 saturated heterocycles. The highest BCUT2D eigenvalue weighted by Crippen LogP contribution is 2.33. The molecule has 3 aromatic rings. The minimum absolute atomic E-state index is 0.0553. The number of thioether (sulfide) groups is 1. The van der Waals surface area contributed by atoms with Gasteiger partial charge in [-0.1, -0.05) is 54.4 Å². The van der Waals surface area contributed by atoms with Gasteiger partial charge in [0.15, 0.2) is 0 Å². The number of anilines is 2. The van der Waals surface area contributed by atoms with Crippen LogP contribution in [0.3, 0.4) is 0 Å². The van der Waals surface area contributed by atoms with E-state index in [0.717, 1.165) is 61.8 Å². The number of carbonyl (C=O) groups excluding carboxylic acids is 4. The van der Waals surface area contributed by atoms with E-state index in [1.54, 1.807) is 29.9 Å². The van der Waals surface area contributed by atoms with Gasteiger partial charge in [0.1, 0.15) is 5.82 Å². The van der Waals surface area contributed by atoms with E-state index in [4.69, 9.17) is 11.6 Å². The summed E-state index contributed by atoms with van der Waals surface area (Å²) >= 11 is 8.09. The number of allylic oxidation sites excluding steroid dienone is 2. The molecule has 2 aromatic carbocycles. The van der Waals surface area contributed by atoms with Crippen LogP contribution in [0.5, 0.6) is 0 Å². The van der Waals surface area contributed by atoms with Crippen LogP contribution in [-0.2, 0) is 23.1 Å². The number of benzene rings is 2. The summed E-state index contributed by atoms with van der Waals surface area (Å²) in [6.45, 7) is 0.574. The molecule has 0 radical (unpaired) electrons. The van der Waals surface area contributed by atoms with E-state index < -0.39 is 0 Å². The van der Waals surface area contributed by atoms with Crippen molar-refractivity contribution in [3.05, 3.63) is 88.5 Å². The van der Waals surface area contributed by atoms with E-state index in [9.17, 15) is 19.2 Å². The summed E-state index contributed by atoms with van der Waals surface area (Å²) in [4.78, 5) is 49.7. The Morgan fingerprint density at radius 3 is 2.62 bits per heavy atom. The van der Waals surface area contributed by atoms with Gasteiger partial charge >= 0.3 is 6.03 Å². The van der Waals surface area contributed by atoms with Crippen LogP contribution in [0.2, 0.25) is 0 Å². The molecule has 5 amide bonds. The maximum atomic E-state index is 13.2. The summed E-state index contributed by atoms with van der Waals surface area (Å²) in [5.74, 6) is 1.07. The number of unbranched alkanes of at least 4 members (excludes halogenated alkanes) is 1. The molecule has 0 saturated carbocycles. The maximum absolute atomic E-state index is 13.2. The van der Waals surface area contributed by atoms with Crippen molar-refractivity contribution in [3.63, 3.8) is 0 Å². The normalized spacial score (nSPS) is 19.5. The number of aromatic nitrogens is 2. The van der Waals surface area contributed by atoms with Crippen LogP contribution in [0.4, 0.5) is 16.3 Å². The Labute approximate surface area is 301 Å². The Morgan fingerprint density at radius 2 is 1.80 bits per heavy atom. The molecule has 2 fully saturated rings. The van der Waals surface area contributed by atoms with Crippen molar-refractivity contribution in [1.82, 2.24) is 25.7 Å². The highest BCUT2D eigenvalue weighted by Gasteiger charge is 2.42. The largest absolute Gasteiger partial charge is 0.356 e. The smallest absolute Gasteiger partial charge is 0.315 e. The standard InChI is InChI=1S/C37H42ClN7O4S/c1-45-32(21-29(44-45)24-15-17-26(18-16-24)40-36(48)27-11-2-3-12-28(27)38)42-35(47)25-10-6-8-23(20-25)9-7-19-39-33(46)14-5-4-13-31-34-30(22-50-31)41-37(49)43-34/h6,8,10-12,15-18,20-21,30-31,34H,2-5,7,9,13-14,19,22H2,1H3,(H,39,46)(H,40,48)(H,42,47)(H2,41,43,49)/t30-,31-,34-/m1/s1.